The SMILES string of the molecule is Cc1cc(N2CC(CS(=O)(=O)Cl)CC2=O)cnc1Cl. The van der Waals surface area contributed by atoms with Gasteiger partial charge >= 0.3 is 0 Å². The molecule has 0 N–H and O–H groups in total. The molecule has 1 saturated heterocycles. The summed E-state index contributed by atoms with van der Waals surface area (Å²) in [5.41, 5.74) is 1.39. The van der Waals surface area contributed by atoms with Gasteiger partial charge in [-0.15, -0.1) is 0 Å². The molecule has 104 valence electrons. The van der Waals surface area contributed by atoms with Gasteiger partial charge in [-0.1, -0.05) is 11.6 Å². The van der Waals surface area contributed by atoms with Crippen molar-refractivity contribution < 1.29 is 13.2 Å². The average molecular weight is 323 g/mol. The van der Waals surface area contributed by atoms with Crippen LogP contribution in [0.25, 0.3) is 0 Å². The summed E-state index contributed by atoms with van der Waals surface area (Å²) in [7, 11) is 1.62. The minimum atomic E-state index is -3.59. The Balaban J connectivity index is 2.18. The van der Waals surface area contributed by atoms with E-state index >= 15 is 0 Å². The summed E-state index contributed by atoms with van der Waals surface area (Å²) in [6.45, 7) is 2.12. The maximum atomic E-state index is 11.9. The number of aromatic nitrogens is 1. The number of hydrogen-bond acceptors (Lipinski definition) is 4. The van der Waals surface area contributed by atoms with Crippen molar-refractivity contribution in [2.24, 2.45) is 5.92 Å². The Morgan fingerprint density at radius 3 is 2.79 bits per heavy atom. The van der Waals surface area contributed by atoms with Crippen LogP contribution in [-0.4, -0.2) is 31.6 Å². The first-order valence-electron chi connectivity index (χ1n) is 5.61. The maximum absolute atomic E-state index is 11.9. The van der Waals surface area contributed by atoms with Gasteiger partial charge < -0.3 is 4.90 Å². The molecule has 1 fully saturated rings. The van der Waals surface area contributed by atoms with Crippen LogP contribution in [0.1, 0.15) is 12.0 Å². The average Bonchev–Trinajstić information content (AvgIpc) is 2.61. The van der Waals surface area contributed by atoms with E-state index in [0.29, 0.717) is 17.4 Å². The van der Waals surface area contributed by atoms with Crippen LogP contribution in [0.5, 0.6) is 0 Å². The van der Waals surface area contributed by atoms with E-state index in [1.54, 1.807) is 13.0 Å². The molecule has 1 amide bonds. The fraction of sp³-hybridized carbons (Fsp3) is 0.455. The lowest BCUT2D eigenvalue weighted by Crippen LogP contribution is -2.25. The van der Waals surface area contributed by atoms with Gasteiger partial charge in [0, 0.05) is 29.6 Å². The molecule has 1 aromatic heterocycles. The molecule has 0 aliphatic carbocycles. The van der Waals surface area contributed by atoms with E-state index in [1.165, 1.54) is 11.1 Å². The van der Waals surface area contributed by atoms with Crippen molar-refractivity contribution in [1.82, 2.24) is 4.98 Å². The summed E-state index contributed by atoms with van der Waals surface area (Å²) < 4.78 is 22.1. The van der Waals surface area contributed by atoms with Gasteiger partial charge in [0.25, 0.3) is 0 Å². The summed E-state index contributed by atoms with van der Waals surface area (Å²) in [4.78, 5) is 17.4. The van der Waals surface area contributed by atoms with Crippen molar-refractivity contribution >= 4 is 42.9 Å². The molecule has 0 spiro atoms. The molecular weight excluding hydrogens is 311 g/mol. The topological polar surface area (TPSA) is 67.3 Å². The second-order valence-electron chi connectivity index (χ2n) is 4.58. The first kappa shape index (κ1) is 14.6. The fourth-order valence-corrected chi connectivity index (χ4v) is 3.54. The molecule has 1 unspecified atom stereocenters. The number of rotatable bonds is 3. The zero-order chi connectivity index (χ0) is 14.2. The standard InChI is InChI=1S/C11H12Cl2N2O3S/c1-7-2-9(4-14-11(7)12)15-5-8(3-10(15)16)6-19(13,17)18/h2,4,8H,3,5-6H2,1H3. The van der Waals surface area contributed by atoms with Crippen LogP contribution < -0.4 is 4.90 Å². The Kier molecular flexibility index (Phi) is 4.03. The second-order valence-corrected chi connectivity index (χ2v) is 7.76. The highest BCUT2D eigenvalue weighted by molar-refractivity contribution is 8.13. The first-order chi connectivity index (χ1) is 8.76. The van der Waals surface area contributed by atoms with Crippen molar-refractivity contribution in [3.63, 3.8) is 0 Å². The normalized spacial score (nSPS) is 20.1. The van der Waals surface area contributed by atoms with Crippen molar-refractivity contribution in [2.45, 2.75) is 13.3 Å². The quantitative estimate of drug-likeness (QED) is 0.630. The highest BCUT2D eigenvalue weighted by Crippen LogP contribution is 2.28. The van der Waals surface area contributed by atoms with Crippen LogP contribution in [0.15, 0.2) is 12.3 Å². The van der Waals surface area contributed by atoms with Crippen LogP contribution in [0.3, 0.4) is 0 Å². The van der Waals surface area contributed by atoms with E-state index in [4.69, 9.17) is 22.3 Å². The summed E-state index contributed by atoms with van der Waals surface area (Å²) >= 11 is 5.83. The maximum Gasteiger partial charge on any atom is 0.232 e. The monoisotopic (exact) mass is 322 g/mol. The van der Waals surface area contributed by atoms with E-state index in [-0.39, 0.29) is 24.0 Å². The van der Waals surface area contributed by atoms with Crippen molar-refractivity contribution in [3.05, 3.63) is 23.0 Å². The molecule has 1 aliphatic heterocycles. The van der Waals surface area contributed by atoms with Crippen molar-refractivity contribution in [2.75, 3.05) is 17.2 Å². The molecule has 0 bridgehead atoms. The minimum Gasteiger partial charge on any atom is -0.311 e. The van der Waals surface area contributed by atoms with Gasteiger partial charge in [0.15, 0.2) is 0 Å². The van der Waals surface area contributed by atoms with Gasteiger partial charge in [0.05, 0.1) is 17.6 Å². The highest BCUT2D eigenvalue weighted by Gasteiger charge is 2.33. The lowest BCUT2D eigenvalue weighted by molar-refractivity contribution is -0.117. The summed E-state index contributed by atoms with van der Waals surface area (Å²) in [6, 6.07) is 1.75. The fourth-order valence-electron chi connectivity index (χ4n) is 2.12. The van der Waals surface area contributed by atoms with Gasteiger partial charge in [-0.2, -0.15) is 0 Å². The van der Waals surface area contributed by atoms with E-state index in [0.717, 1.165) is 5.56 Å². The van der Waals surface area contributed by atoms with Gasteiger partial charge in [-0.25, -0.2) is 13.4 Å². The Bertz CT molecular complexity index is 618. The predicted octanol–water partition coefficient (Wildman–Crippen LogP) is 1.96. The number of aryl methyl sites for hydroxylation is 1. The van der Waals surface area contributed by atoms with E-state index in [1.807, 2.05) is 0 Å². The summed E-state index contributed by atoms with van der Waals surface area (Å²) in [5, 5.41) is 0.385. The third kappa shape index (κ3) is 3.58. The molecule has 1 aromatic rings. The number of halogens is 2. The zero-order valence-corrected chi connectivity index (χ0v) is 12.5. The van der Waals surface area contributed by atoms with Crippen molar-refractivity contribution in [3.8, 4) is 0 Å². The van der Waals surface area contributed by atoms with E-state index < -0.39 is 9.05 Å². The number of hydrogen-bond donors (Lipinski definition) is 0. The van der Waals surface area contributed by atoms with E-state index in [9.17, 15) is 13.2 Å². The van der Waals surface area contributed by atoms with E-state index in [2.05, 4.69) is 4.98 Å². The summed E-state index contributed by atoms with van der Waals surface area (Å²) in [5.74, 6) is -0.614. The third-order valence-electron chi connectivity index (χ3n) is 2.95. The molecule has 1 atom stereocenters. The lowest BCUT2D eigenvalue weighted by atomic mass is 10.1. The van der Waals surface area contributed by atoms with Crippen LogP contribution >= 0.6 is 22.3 Å². The molecule has 0 aromatic carbocycles. The number of pyridine rings is 1. The van der Waals surface area contributed by atoms with Crippen LogP contribution in [-0.2, 0) is 13.8 Å². The Labute approximate surface area is 120 Å². The van der Waals surface area contributed by atoms with Crippen molar-refractivity contribution in [1.29, 1.82) is 0 Å². The predicted molar refractivity (Wildman–Crippen MR) is 74.1 cm³/mol. The van der Waals surface area contributed by atoms with Gasteiger partial charge in [0.2, 0.25) is 15.0 Å². The lowest BCUT2D eigenvalue weighted by Gasteiger charge is -2.16. The first-order valence-corrected chi connectivity index (χ1v) is 8.47. The number of amides is 1. The molecule has 1 aliphatic rings. The number of carbonyl (C=O) groups is 1. The van der Waals surface area contributed by atoms with Crippen LogP contribution in [0, 0.1) is 12.8 Å². The molecule has 2 heterocycles. The molecule has 19 heavy (non-hydrogen) atoms. The molecule has 8 heteroatoms. The van der Waals surface area contributed by atoms with Crippen LogP contribution in [0.2, 0.25) is 5.15 Å². The molecule has 0 radical (unpaired) electrons. The second kappa shape index (κ2) is 5.26. The largest absolute Gasteiger partial charge is 0.311 e. The molecule has 5 nitrogen and oxygen atoms in total. The zero-order valence-electron chi connectivity index (χ0n) is 10.1. The molecular formula is C11H12Cl2N2O3S. The number of carbonyl (C=O) groups excluding carboxylic acids is 1. The Morgan fingerprint density at radius 2 is 2.21 bits per heavy atom. The Morgan fingerprint density at radius 1 is 1.53 bits per heavy atom. The Hall–Kier alpha value is -0.850. The van der Waals surface area contributed by atoms with Gasteiger partial charge in [-0.05, 0) is 18.6 Å². The molecule has 0 saturated carbocycles. The third-order valence-corrected chi connectivity index (χ3v) is 4.59. The minimum absolute atomic E-state index is 0.131. The number of nitrogens with zero attached hydrogens (tertiary/aromatic N) is 2. The number of anilines is 1. The molecule has 2 rings (SSSR count). The smallest absolute Gasteiger partial charge is 0.232 e. The summed E-state index contributed by atoms with van der Waals surface area (Å²) in [6.07, 6.45) is 1.68. The van der Waals surface area contributed by atoms with Gasteiger partial charge in [0.1, 0.15) is 5.15 Å². The van der Waals surface area contributed by atoms with Gasteiger partial charge in [-0.3, -0.25) is 4.79 Å². The highest BCUT2D eigenvalue weighted by atomic mass is 35.7. The van der Waals surface area contributed by atoms with Crippen LogP contribution in [0.4, 0.5) is 5.69 Å².